The van der Waals surface area contributed by atoms with E-state index in [4.69, 9.17) is 0 Å². The fourth-order valence-corrected chi connectivity index (χ4v) is 0.909. The third-order valence-electron chi connectivity index (χ3n) is 1.47. The molecule has 1 aromatic carbocycles. The van der Waals surface area contributed by atoms with E-state index >= 15 is 0 Å². The van der Waals surface area contributed by atoms with Crippen molar-refractivity contribution in [2.75, 3.05) is 0 Å². The zero-order valence-corrected chi connectivity index (χ0v) is 5.67. The van der Waals surface area contributed by atoms with Gasteiger partial charge in [0, 0.05) is 12.1 Å². The van der Waals surface area contributed by atoms with Gasteiger partial charge in [0.2, 0.25) is 5.52 Å². The Kier molecular flexibility index (Phi) is 1.24. The Morgan fingerprint density at radius 3 is 2.75 bits per heavy atom. The summed E-state index contributed by atoms with van der Waals surface area (Å²) in [5, 5.41) is 2.12. The quantitative estimate of drug-likeness (QED) is 0.644. The number of nitrogens with zero attached hydrogens (tertiary/aromatic N) is 1. The van der Waals surface area contributed by atoms with Crippen LogP contribution in [0.5, 0.6) is 0 Å². The Balaban J connectivity index is 2.97. The first-order chi connectivity index (χ1) is 5.68. The summed E-state index contributed by atoms with van der Waals surface area (Å²) >= 11 is 0. The fraction of sp³-hybridized carbons (Fsp3) is 0. The molecule has 0 bridgehead atoms. The Hall–Kier alpha value is -1.72. The summed E-state index contributed by atoms with van der Waals surface area (Å²) < 4.78 is 29.3. The third-order valence-corrected chi connectivity index (χ3v) is 1.47. The molecule has 0 spiro atoms. The van der Waals surface area contributed by atoms with Gasteiger partial charge < -0.3 is 0 Å². The fourth-order valence-electron chi connectivity index (χ4n) is 0.909. The second-order valence-corrected chi connectivity index (χ2v) is 2.23. The molecule has 0 amide bonds. The third kappa shape index (κ3) is 0.810. The first kappa shape index (κ1) is 6.96. The van der Waals surface area contributed by atoms with Crippen LogP contribution >= 0.6 is 0 Å². The minimum absolute atomic E-state index is 0.0673. The van der Waals surface area contributed by atoms with E-state index in [1.165, 1.54) is 0 Å². The van der Waals surface area contributed by atoms with Crippen molar-refractivity contribution < 1.29 is 18.0 Å². The van der Waals surface area contributed by atoms with Crippen molar-refractivity contribution in [3.63, 3.8) is 0 Å². The van der Waals surface area contributed by atoms with Crippen molar-refractivity contribution in [1.29, 1.82) is 0 Å². The molecule has 1 aromatic heterocycles. The van der Waals surface area contributed by atoms with Gasteiger partial charge in [0.15, 0.2) is 16.2 Å². The van der Waals surface area contributed by atoms with Gasteiger partial charge in [-0.3, -0.25) is 0 Å². The van der Waals surface area contributed by atoms with E-state index in [2.05, 4.69) is 9.79 Å². The number of hydrogen-bond donors (Lipinski definition) is 1. The van der Waals surface area contributed by atoms with Crippen molar-refractivity contribution in [1.82, 2.24) is 5.16 Å². The number of halogens is 2. The van der Waals surface area contributed by atoms with Crippen LogP contribution in [0.4, 0.5) is 8.78 Å². The number of aromatic nitrogens is 2. The molecule has 0 aliphatic heterocycles. The average molecular weight is 173 g/mol. The highest BCUT2D eigenvalue weighted by Crippen LogP contribution is 2.12. The Morgan fingerprint density at radius 2 is 2.00 bits per heavy atom. The average Bonchev–Trinajstić information content (AvgIpc) is 2.35. The highest BCUT2D eigenvalue weighted by Gasteiger charge is 2.14. The molecule has 1 heterocycles. The van der Waals surface area contributed by atoms with E-state index < -0.39 is 11.6 Å². The molecular weight excluding hydrogens is 170 g/mol. The van der Waals surface area contributed by atoms with E-state index in [1.54, 1.807) is 0 Å². The zero-order chi connectivity index (χ0) is 8.72. The molecule has 1 N–H and O–H groups in total. The molecule has 0 fully saturated rings. The topological polar surface area (TPSA) is 51.9 Å². The largest absolute Gasteiger partial charge is 0.275 e. The predicted octanol–water partition coefficient (Wildman–Crippen LogP) is 0.954. The van der Waals surface area contributed by atoms with Crippen LogP contribution in [0.3, 0.4) is 0 Å². The van der Waals surface area contributed by atoms with Crippen molar-refractivity contribution in [2.45, 2.75) is 0 Å². The molecule has 0 aliphatic rings. The molecule has 2 rings (SSSR count). The molecule has 0 saturated heterocycles. The number of benzene rings is 1. The minimum atomic E-state index is -1.08. The number of hydrogen-bond acceptors (Lipinski definition) is 2. The maximum Gasteiger partial charge on any atom is 0.275 e. The van der Waals surface area contributed by atoms with Crippen LogP contribution in [-0.4, -0.2) is 5.16 Å². The van der Waals surface area contributed by atoms with Gasteiger partial charge in [0.05, 0.1) is 0 Å². The van der Waals surface area contributed by atoms with Gasteiger partial charge in [-0.25, -0.2) is 8.78 Å². The van der Waals surface area contributed by atoms with Crippen LogP contribution < -0.4 is 4.60 Å². The van der Waals surface area contributed by atoms with Crippen LogP contribution in [0.15, 0.2) is 16.8 Å². The number of aromatic amines is 1. The van der Waals surface area contributed by atoms with Crippen molar-refractivity contribution in [3.8, 4) is 0 Å². The summed E-state index contributed by atoms with van der Waals surface area (Å²) in [4.78, 5) is 10.7. The molecule has 4 nitrogen and oxygen atoms in total. The Morgan fingerprint density at radius 1 is 1.33 bits per heavy atom. The lowest BCUT2D eigenvalue weighted by Gasteiger charge is -1.85. The van der Waals surface area contributed by atoms with Crippen LogP contribution in [0.2, 0.25) is 0 Å². The molecule has 2 aromatic rings. The molecule has 6 heteroatoms. The first-order valence-electron chi connectivity index (χ1n) is 3.08. The number of rotatable bonds is 0. The number of nitrogens with one attached hydrogen (secondary N) is 1. The van der Waals surface area contributed by atoms with Crippen LogP contribution in [-0.2, 0) is 0 Å². The molecule has 0 saturated carbocycles. The summed E-state index contributed by atoms with van der Waals surface area (Å²) in [6, 6.07) is 1.61. The molecule has 0 atom stereocenters. The second-order valence-electron chi connectivity index (χ2n) is 2.23. The van der Waals surface area contributed by atoms with Gasteiger partial charge >= 0.3 is 0 Å². The lowest BCUT2D eigenvalue weighted by atomic mass is 10.3. The lowest BCUT2D eigenvalue weighted by Crippen LogP contribution is -2.08. The van der Waals surface area contributed by atoms with Gasteiger partial charge in [0.1, 0.15) is 0 Å². The summed E-state index contributed by atoms with van der Waals surface area (Å²) in [6.45, 7) is 0. The van der Waals surface area contributed by atoms with Crippen molar-refractivity contribution in [3.05, 3.63) is 28.7 Å². The van der Waals surface area contributed by atoms with Gasteiger partial charge in [-0.05, 0) is 4.91 Å². The first-order valence-corrected chi connectivity index (χ1v) is 3.08. The summed E-state index contributed by atoms with van der Waals surface area (Å²) in [5.41, 5.74) is 0.0396. The SMILES string of the molecule is O=[n+]1o[nH]c2cc(F)c(F)cc21. The van der Waals surface area contributed by atoms with Crippen molar-refractivity contribution >= 4 is 11.0 Å². The van der Waals surface area contributed by atoms with Gasteiger partial charge in [-0.2, -0.15) is 0 Å². The Labute approximate surface area is 63.9 Å². The zero-order valence-electron chi connectivity index (χ0n) is 5.67. The van der Waals surface area contributed by atoms with E-state index in [1.807, 2.05) is 0 Å². The van der Waals surface area contributed by atoms with E-state index in [0.717, 1.165) is 12.1 Å². The smallest absolute Gasteiger partial charge is 0.204 e. The monoisotopic (exact) mass is 173 g/mol. The standard InChI is InChI=1S/C6H3F2N2O2/c7-3-1-5-6(2-4(3)8)10(11)12-9-5/h1-2,9H/q+1. The molecule has 0 unspecified atom stereocenters. The molecule has 0 radical (unpaired) electrons. The van der Waals surface area contributed by atoms with Gasteiger partial charge in [-0.15, -0.1) is 0 Å². The summed E-state index contributed by atoms with van der Waals surface area (Å²) in [6.07, 6.45) is 0. The summed E-state index contributed by atoms with van der Waals surface area (Å²) in [7, 11) is 0. The van der Waals surface area contributed by atoms with E-state index in [-0.39, 0.29) is 15.6 Å². The van der Waals surface area contributed by atoms with Crippen molar-refractivity contribution in [2.24, 2.45) is 0 Å². The van der Waals surface area contributed by atoms with E-state index in [9.17, 15) is 13.7 Å². The lowest BCUT2D eigenvalue weighted by molar-refractivity contribution is -0.692. The second kappa shape index (κ2) is 2.13. The number of H-pyrrole nitrogens is 1. The number of fused-ring (bicyclic) bond motifs is 1. The maximum absolute atomic E-state index is 12.5. The normalized spacial score (nSPS) is 10.8. The van der Waals surface area contributed by atoms with Crippen LogP contribution in [0.25, 0.3) is 11.0 Å². The van der Waals surface area contributed by atoms with E-state index in [0.29, 0.717) is 0 Å². The molecule has 62 valence electrons. The highest BCUT2D eigenvalue weighted by molar-refractivity contribution is 5.69. The van der Waals surface area contributed by atoms with Crippen LogP contribution in [0, 0.1) is 16.5 Å². The van der Waals surface area contributed by atoms with Crippen LogP contribution in [0.1, 0.15) is 0 Å². The maximum atomic E-state index is 12.5. The molecular formula is C6H3F2N2O2+. The molecule has 12 heavy (non-hydrogen) atoms. The highest BCUT2D eigenvalue weighted by atomic mass is 19.2. The van der Waals surface area contributed by atoms with Gasteiger partial charge in [0.25, 0.3) is 5.52 Å². The van der Waals surface area contributed by atoms with Gasteiger partial charge in [-0.1, -0.05) is 9.79 Å². The Bertz CT molecular complexity index is 488. The minimum Gasteiger partial charge on any atom is -0.204 e. The molecule has 0 aliphatic carbocycles. The summed E-state index contributed by atoms with van der Waals surface area (Å²) in [5.74, 6) is -2.11. The predicted molar refractivity (Wildman–Crippen MR) is 33.8 cm³/mol.